The molecule has 7 heteroatoms. The third-order valence-corrected chi connectivity index (χ3v) is 4.92. The van der Waals surface area contributed by atoms with Crippen LogP contribution in [0, 0.1) is 11.6 Å². The van der Waals surface area contributed by atoms with Crippen molar-refractivity contribution in [3.05, 3.63) is 95.1 Å². The van der Waals surface area contributed by atoms with Crippen LogP contribution in [0.1, 0.15) is 27.9 Å². The Hall–Kier alpha value is -3.45. The molecule has 0 heterocycles. The Morgan fingerprint density at radius 1 is 0.906 bits per heavy atom. The number of amides is 1. The second kappa shape index (κ2) is 11.2. The van der Waals surface area contributed by atoms with Crippen LogP contribution in [0.2, 0.25) is 0 Å². The third-order valence-electron chi connectivity index (χ3n) is 4.92. The lowest BCUT2D eigenvalue weighted by Gasteiger charge is -2.23. The van der Waals surface area contributed by atoms with E-state index in [0.717, 1.165) is 11.1 Å². The lowest BCUT2D eigenvalue weighted by atomic mass is 10.1. The van der Waals surface area contributed by atoms with Crippen LogP contribution >= 0.6 is 0 Å². The summed E-state index contributed by atoms with van der Waals surface area (Å²) >= 11 is 0. The summed E-state index contributed by atoms with van der Waals surface area (Å²) in [7, 11) is 1.50. The number of rotatable bonds is 10. The van der Waals surface area contributed by atoms with E-state index in [1.165, 1.54) is 31.4 Å². The molecule has 0 saturated heterocycles. The molecule has 3 rings (SSSR count). The van der Waals surface area contributed by atoms with Crippen molar-refractivity contribution in [2.75, 3.05) is 20.2 Å². The van der Waals surface area contributed by atoms with Gasteiger partial charge in [-0.2, -0.15) is 0 Å². The number of halogens is 2. The van der Waals surface area contributed by atoms with Gasteiger partial charge < -0.3 is 20.1 Å². The van der Waals surface area contributed by atoms with Crippen LogP contribution in [0.15, 0.2) is 66.7 Å². The van der Waals surface area contributed by atoms with Gasteiger partial charge in [-0.15, -0.1) is 0 Å². The minimum atomic E-state index is -0.324. The van der Waals surface area contributed by atoms with Crippen molar-refractivity contribution in [1.29, 1.82) is 0 Å². The summed E-state index contributed by atoms with van der Waals surface area (Å²) in [6.07, 6.45) is 0.642. The molecule has 0 saturated carbocycles. The zero-order valence-electron chi connectivity index (χ0n) is 17.9. The zero-order valence-corrected chi connectivity index (χ0v) is 17.9. The van der Waals surface area contributed by atoms with Crippen LogP contribution in [0.25, 0.3) is 0 Å². The number of carbonyl (C=O) groups is 1. The Labute approximate surface area is 186 Å². The van der Waals surface area contributed by atoms with Gasteiger partial charge in [-0.3, -0.25) is 4.79 Å². The molecule has 0 fully saturated rings. The van der Waals surface area contributed by atoms with Crippen LogP contribution in [0.4, 0.5) is 8.78 Å². The lowest BCUT2D eigenvalue weighted by molar-refractivity contribution is 0.0741. The predicted molar refractivity (Wildman–Crippen MR) is 119 cm³/mol. The zero-order chi connectivity index (χ0) is 22.9. The van der Waals surface area contributed by atoms with Crippen LogP contribution in [-0.4, -0.2) is 31.0 Å². The van der Waals surface area contributed by atoms with Gasteiger partial charge in [-0.25, -0.2) is 8.78 Å². The third kappa shape index (κ3) is 6.28. The number of methoxy groups -OCH3 is 1. The van der Waals surface area contributed by atoms with Crippen molar-refractivity contribution in [2.45, 2.75) is 19.6 Å². The van der Waals surface area contributed by atoms with Crippen molar-refractivity contribution >= 4 is 5.91 Å². The van der Waals surface area contributed by atoms with Gasteiger partial charge in [0.05, 0.1) is 7.11 Å². The van der Waals surface area contributed by atoms with E-state index in [1.54, 1.807) is 47.4 Å². The van der Waals surface area contributed by atoms with E-state index in [1.807, 2.05) is 0 Å². The van der Waals surface area contributed by atoms with E-state index in [2.05, 4.69) is 0 Å². The molecular weight excluding hydrogens is 414 g/mol. The number of carbonyl (C=O) groups excluding carboxylic acids is 1. The Morgan fingerprint density at radius 2 is 1.53 bits per heavy atom. The van der Waals surface area contributed by atoms with E-state index in [-0.39, 0.29) is 24.1 Å². The summed E-state index contributed by atoms with van der Waals surface area (Å²) in [5.74, 6) is 0.0636. The van der Waals surface area contributed by atoms with Gasteiger partial charge in [0.1, 0.15) is 18.2 Å². The minimum Gasteiger partial charge on any atom is -0.493 e. The fraction of sp³-hybridized carbons (Fsp3) is 0.240. The van der Waals surface area contributed by atoms with Gasteiger partial charge in [-0.1, -0.05) is 24.3 Å². The van der Waals surface area contributed by atoms with E-state index in [4.69, 9.17) is 15.2 Å². The molecule has 0 radical (unpaired) electrons. The Kier molecular flexibility index (Phi) is 8.16. The van der Waals surface area contributed by atoms with Gasteiger partial charge >= 0.3 is 0 Å². The average molecular weight is 440 g/mol. The first-order valence-electron chi connectivity index (χ1n) is 10.3. The number of hydrogen-bond acceptors (Lipinski definition) is 4. The molecule has 1 amide bonds. The molecule has 0 spiro atoms. The number of hydrogen-bond donors (Lipinski definition) is 1. The maximum absolute atomic E-state index is 13.2. The minimum absolute atomic E-state index is 0.189. The first-order chi connectivity index (χ1) is 15.5. The summed E-state index contributed by atoms with van der Waals surface area (Å²) in [5, 5.41) is 0. The normalized spacial score (nSPS) is 10.6. The van der Waals surface area contributed by atoms with Crippen molar-refractivity contribution in [2.24, 2.45) is 5.73 Å². The Morgan fingerprint density at radius 3 is 2.12 bits per heavy atom. The molecule has 0 unspecified atom stereocenters. The molecule has 0 aliphatic carbocycles. The first-order valence-corrected chi connectivity index (χ1v) is 10.3. The Balaban J connectivity index is 1.75. The van der Waals surface area contributed by atoms with Crippen molar-refractivity contribution < 1.29 is 23.0 Å². The van der Waals surface area contributed by atoms with Crippen molar-refractivity contribution in [3.63, 3.8) is 0 Å². The maximum atomic E-state index is 13.2. The summed E-state index contributed by atoms with van der Waals surface area (Å²) in [5.41, 5.74) is 7.71. The quantitative estimate of drug-likeness (QED) is 0.503. The average Bonchev–Trinajstić information content (AvgIpc) is 2.82. The molecule has 2 N–H and O–H groups in total. The van der Waals surface area contributed by atoms with Crippen LogP contribution < -0.4 is 15.2 Å². The molecule has 3 aromatic carbocycles. The highest BCUT2D eigenvalue weighted by atomic mass is 19.1. The lowest BCUT2D eigenvalue weighted by Crippen LogP contribution is -2.32. The topological polar surface area (TPSA) is 64.8 Å². The smallest absolute Gasteiger partial charge is 0.254 e. The van der Waals surface area contributed by atoms with Crippen LogP contribution in [-0.2, 0) is 13.2 Å². The highest BCUT2D eigenvalue weighted by Gasteiger charge is 2.18. The van der Waals surface area contributed by atoms with Crippen LogP contribution in [0.3, 0.4) is 0 Å². The molecule has 32 heavy (non-hydrogen) atoms. The van der Waals surface area contributed by atoms with Crippen molar-refractivity contribution in [1.82, 2.24) is 4.90 Å². The maximum Gasteiger partial charge on any atom is 0.254 e. The molecule has 0 atom stereocenters. The fourth-order valence-corrected chi connectivity index (χ4v) is 3.19. The van der Waals surface area contributed by atoms with Gasteiger partial charge in [0.15, 0.2) is 11.5 Å². The molecule has 5 nitrogen and oxygen atoms in total. The van der Waals surface area contributed by atoms with Crippen molar-refractivity contribution in [3.8, 4) is 11.5 Å². The molecular formula is C25H26F2N2O3. The predicted octanol–water partition coefficient (Wildman–Crippen LogP) is 4.54. The molecule has 3 aromatic rings. The second-order valence-electron chi connectivity index (χ2n) is 7.28. The highest BCUT2D eigenvalue weighted by molar-refractivity contribution is 5.95. The van der Waals surface area contributed by atoms with E-state index >= 15 is 0 Å². The number of ether oxygens (including phenoxy) is 2. The monoisotopic (exact) mass is 440 g/mol. The number of benzene rings is 3. The van der Waals surface area contributed by atoms with Gasteiger partial charge in [-0.05, 0) is 66.6 Å². The summed E-state index contributed by atoms with van der Waals surface area (Å²) in [6, 6.07) is 17.1. The molecule has 0 aliphatic rings. The number of nitrogens with zero attached hydrogens (tertiary/aromatic N) is 1. The largest absolute Gasteiger partial charge is 0.493 e. The van der Waals surface area contributed by atoms with Gasteiger partial charge in [0.2, 0.25) is 0 Å². The molecule has 0 aromatic heterocycles. The summed E-state index contributed by atoms with van der Waals surface area (Å²) in [6.45, 7) is 1.49. The first kappa shape index (κ1) is 23.2. The SMILES string of the molecule is COc1cc(C(=O)N(CCCN)Cc2ccc(F)cc2)ccc1OCc1ccc(F)cc1. The fourth-order valence-electron chi connectivity index (χ4n) is 3.19. The highest BCUT2D eigenvalue weighted by Crippen LogP contribution is 2.29. The molecule has 0 bridgehead atoms. The van der Waals surface area contributed by atoms with E-state index in [9.17, 15) is 13.6 Å². The standard InChI is InChI=1S/C25H26F2N2O3/c1-31-24-15-20(7-12-23(24)32-17-19-5-10-22(27)11-6-19)25(30)29(14-2-13-28)16-18-3-8-21(26)9-4-18/h3-12,15H,2,13-14,16-17,28H2,1H3. The summed E-state index contributed by atoms with van der Waals surface area (Å²) < 4.78 is 37.5. The molecule has 0 aliphatic heterocycles. The van der Waals surface area contributed by atoms with Gasteiger partial charge in [0.25, 0.3) is 5.91 Å². The molecule has 168 valence electrons. The van der Waals surface area contributed by atoms with E-state index < -0.39 is 0 Å². The Bertz CT molecular complexity index is 1020. The number of nitrogens with two attached hydrogens (primary N) is 1. The van der Waals surface area contributed by atoms with Crippen LogP contribution in [0.5, 0.6) is 11.5 Å². The van der Waals surface area contributed by atoms with Gasteiger partial charge in [0, 0.05) is 18.7 Å². The second-order valence-corrected chi connectivity index (χ2v) is 7.28. The summed E-state index contributed by atoms with van der Waals surface area (Å²) in [4.78, 5) is 14.9. The van der Waals surface area contributed by atoms with E-state index in [0.29, 0.717) is 43.1 Å².